The molecule has 3 aromatic rings. The number of nitrogens with zero attached hydrogens (tertiary/aromatic N) is 3. The maximum Gasteiger partial charge on any atom is 0.245 e. The number of hydrogen-bond donors (Lipinski definition) is 1. The third-order valence-electron chi connectivity index (χ3n) is 3.89. The van der Waals surface area contributed by atoms with Gasteiger partial charge >= 0.3 is 0 Å². The van der Waals surface area contributed by atoms with Crippen LogP contribution in [-0.4, -0.2) is 20.7 Å². The first-order valence-corrected chi connectivity index (χ1v) is 9.60. The lowest BCUT2D eigenvalue weighted by Gasteiger charge is -2.20. The number of aromatic nitrogens is 3. The molecule has 3 rings (SSSR count). The monoisotopic (exact) mass is 360 g/mol. The highest BCUT2D eigenvalue weighted by Crippen LogP contribution is 2.24. The summed E-state index contributed by atoms with van der Waals surface area (Å²) in [4.78, 5) is 17.3. The van der Waals surface area contributed by atoms with E-state index in [0.717, 1.165) is 22.8 Å². The van der Waals surface area contributed by atoms with E-state index in [1.807, 2.05) is 32.2 Å². The van der Waals surface area contributed by atoms with E-state index in [-0.39, 0.29) is 18.0 Å². The zero-order chi connectivity index (χ0) is 17.1. The lowest BCUT2D eigenvalue weighted by molar-refractivity contribution is -0.125. The molecule has 0 aliphatic heterocycles. The Morgan fingerprint density at radius 2 is 2.17 bits per heavy atom. The molecule has 7 heteroatoms. The fourth-order valence-electron chi connectivity index (χ4n) is 2.57. The van der Waals surface area contributed by atoms with Crippen LogP contribution in [0.3, 0.4) is 0 Å². The first kappa shape index (κ1) is 16.9. The van der Waals surface area contributed by atoms with Crippen molar-refractivity contribution in [2.75, 3.05) is 0 Å². The third kappa shape index (κ3) is 3.73. The van der Waals surface area contributed by atoms with Gasteiger partial charge in [0.1, 0.15) is 11.0 Å². The first-order valence-electron chi connectivity index (χ1n) is 7.78. The van der Waals surface area contributed by atoms with Gasteiger partial charge in [0.15, 0.2) is 0 Å². The van der Waals surface area contributed by atoms with Gasteiger partial charge in [0.05, 0.1) is 6.04 Å². The number of nitrogens with one attached hydrogen (secondary N) is 1. The molecule has 0 saturated heterocycles. The van der Waals surface area contributed by atoms with Crippen LogP contribution in [0.25, 0.3) is 0 Å². The maximum atomic E-state index is 12.7. The van der Waals surface area contributed by atoms with Crippen LogP contribution in [0.5, 0.6) is 0 Å². The summed E-state index contributed by atoms with van der Waals surface area (Å²) in [5.41, 5.74) is 3.16. The second-order valence-electron chi connectivity index (χ2n) is 5.82. The predicted octanol–water partition coefficient (Wildman–Crippen LogP) is 3.68. The van der Waals surface area contributed by atoms with Gasteiger partial charge in [-0.3, -0.25) is 9.48 Å². The number of aryl methyl sites for hydroxylation is 2. The van der Waals surface area contributed by atoms with Gasteiger partial charge in [-0.2, -0.15) is 16.4 Å². The van der Waals surface area contributed by atoms with Gasteiger partial charge < -0.3 is 5.32 Å². The van der Waals surface area contributed by atoms with E-state index in [9.17, 15) is 4.79 Å². The van der Waals surface area contributed by atoms with E-state index in [4.69, 9.17) is 0 Å². The van der Waals surface area contributed by atoms with Crippen molar-refractivity contribution in [3.05, 3.63) is 56.4 Å². The van der Waals surface area contributed by atoms with E-state index in [1.54, 1.807) is 33.6 Å². The van der Waals surface area contributed by atoms with E-state index < -0.39 is 0 Å². The van der Waals surface area contributed by atoms with Crippen LogP contribution in [0.4, 0.5) is 0 Å². The molecule has 3 heterocycles. The minimum Gasteiger partial charge on any atom is -0.345 e. The largest absolute Gasteiger partial charge is 0.345 e. The fraction of sp³-hybridized carbons (Fsp3) is 0.353. The molecule has 5 nitrogen and oxygen atoms in total. The van der Waals surface area contributed by atoms with Crippen molar-refractivity contribution in [2.45, 2.75) is 39.3 Å². The molecule has 2 unspecified atom stereocenters. The molecular formula is C17H20N4OS2. The van der Waals surface area contributed by atoms with Crippen molar-refractivity contribution in [3.63, 3.8) is 0 Å². The zero-order valence-corrected chi connectivity index (χ0v) is 15.5. The van der Waals surface area contributed by atoms with Crippen LogP contribution in [-0.2, 0) is 11.2 Å². The van der Waals surface area contributed by atoms with Gasteiger partial charge in [0.25, 0.3) is 0 Å². The Bertz CT molecular complexity index is 806. The summed E-state index contributed by atoms with van der Waals surface area (Å²) in [6.45, 7) is 5.78. The number of carbonyl (C=O) groups is 1. The van der Waals surface area contributed by atoms with E-state index in [1.165, 1.54) is 5.56 Å². The van der Waals surface area contributed by atoms with Crippen LogP contribution < -0.4 is 5.32 Å². The highest BCUT2D eigenvalue weighted by atomic mass is 32.1. The summed E-state index contributed by atoms with van der Waals surface area (Å²) in [5.74, 6) is -0.0464. The van der Waals surface area contributed by atoms with Crippen LogP contribution >= 0.6 is 22.7 Å². The first-order chi connectivity index (χ1) is 11.5. The van der Waals surface area contributed by atoms with E-state index in [2.05, 4.69) is 32.2 Å². The van der Waals surface area contributed by atoms with Gasteiger partial charge in [-0.05, 0) is 49.2 Å². The summed E-state index contributed by atoms with van der Waals surface area (Å²) in [5, 5.41) is 14.5. The molecule has 2 atom stereocenters. The SMILES string of the molecule is Cc1csc(C(Cc2ccsc2)NC(=O)C(C)n2nccc2C)n1. The summed E-state index contributed by atoms with van der Waals surface area (Å²) < 4.78 is 1.74. The Morgan fingerprint density at radius 1 is 1.33 bits per heavy atom. The molecule has 0 radical (unpaired) electrons. The number of thiazole rings is 1. The van der Waals surface area contributed by atoms with Gasteiger partial charge in [0, 0.05) is 29.4 Å². The van der Waals surface area contributed by atoms with Crippen molar-refractivity contribution in [2.24, 2.45) is 0 Å². The Morgan fingerprint density at radius 3 is 2.75 bits per heavy atom. The molecule has 0 aliphatic carbocycles. The number of rotatable bonds is 6. The average molecular weight is 361 g/mol. The summed E-state index contributed by atoms with van der Waals surface area (Å²) >= 11 is 3.25. The number of thiophene rings is 1. The van der Waals surface area contributed by atoms with Crippen LogP contribution in [0.15, 0.2) is 34.5 Å². The molecule has 0 aliphatic rings. The standard InChI is InChI=1S/C17H20N4OS2/c1-11-9-24-17(19-11)15(8-14-5-7-23-10-14)20-16(22)13(3)21-12(2)4-6-18-21/h4-7,9-10,13,15H,8H2,1-3H3,(H,20,22). The van der Waals surface area contributed by atoms with E-state index >= 15 is 0 Å². The normalized spacial score (nSPS) is 13.6. The molecule has 126 valence electrons. The summed E-state index contributed by atoms with van der Waals surface area (Å²) in [7, 11) is 0. The molecule has 1 N–H and O–H groups in total. The average Bonchev–Trinajstić information content (AvgIpc) is 3.28. The van der Waals surface area contributed by atoms with Crippen LogP contribution in [0, 0.1) is 13.8 Å². The zero-order valence-electron chi connectivity index (χ0n) is 13.9. The van der Waals surface area contributed by atoms with Crippen LogP contribution in [0.1, 0.15) is 41.0 Å². The third-order valence-corrected chi connectivity index (χ3v) is 5.69. The highest BCUT2D eigenvalue weighted by Gasteiger charge is 2.23. The van der Waals surface area contributed by atoms with Gasteiger partial charge in [-0.15, -0.1) is 11.3 Å². The lowest BCUT2D eigenvalue weighted by Crippen LogP contribution is -2.35. The highest BCUT2D eigenvalue weighted by molar-refractivity contribution is 7.09. The molecule has 0 bridgehead atoms. The minimum atomic E-state index is -0.356. The molecule has 3 aromatic heterocycles. The molecule has 24 heavy (non-hydrogen) atoms. The maximum absolute atomic E-state index is 12.7. The lowest BCUT2D eigenvalue weighted by atomic mass is 10.1. The quantitative estimate of drug-likeness (QED) is 0.729. The van der Waals surface area contributed by atoms with Crippen molar-refractivity contribution < 1.29 is 4.79 Å². The van der Waals surface area contributed by atoms with Crippen molar-refractivity contribution in [1.82, 2.24) is 20.1 Å². The van der Waals surface area contributed by atoms with Crippen LogP contribution in [0.2, 0.25) is 0 Å². The number of carbonyl (C=O) groups excluding carboxylic acids is 1. The Balaban J connectivity index is 1.78. The van der Waals surface area contributed by atoms with Crippen molar-refractivity contribution >= 4 is 28.6 Å². The minimum absolute atomic E-state index is 0.0464. The number of hydrogen-bond acceptors (Lipinski definition) is 5. The molecule has 1 amide bonds. The van der Waals surface area contributed by atoms with Crippen molar-refractivity contribution in [1.29, 1.82) is 0 Å². The Labute approximate surface area is 149 Å². The topological polar surface area (TPSA) is 59.8 Å². The van der Waals surface area contributed by atoms with Gasteiger partial charge in [-0.25, -0.2) is 4.98 Å². The van der Waals surface area contributed by atoms with Gasteiger partial charge in [0.2, 0.25) is 5.91 Å². The smallest absolute Gasteiger partial charge is 0.245 e. The molecular weight excluding hydrogens is 340 g/mol. The van der Waals surface area contributed by atoms with E-state index in [0.29, 0.717) is 0 Å². The van der Waals surface area contributed by atoms with Crippen molar-refractivity contribution in [3.8, 4) is 0 Å². The molecule has 0 fully saturated rings. The summed E-state index contributed by atoms with van der Waals surface area (Å²) in [6, 6.07) is 3.51. The number of amides is 1. The Kier molecular flexibility index (Phi) is 5.11. The molecule has 0 spiro atoms. The van der Waals surface area contributed by atoms with Gasteiger partial charge in [-0.1, -0.05) is 0 Å². The predicted molar refractivity (Wildman–Crippen MR) is 97.4 cm³/mol. The fourth-order valence-corrected chi connectivity index (χ4v) is 4.09. The molecule has 0 aromatic carbocycles. The Hall–Kier alpha value is -1.99. The second kappa shape index (κ2) is 7.27. The molecule has 0 saturated carbocycles. The summed E-state index contributed by atoms with van der Waals surface area (Å²) in [6.07, 6.45) is 2.46. The second-order valence-corrected chi connectivity index (χ2v) is 7.49.